The van der Waals surface area contributed by atoms with Gasteiger partial charge in [0, 0.05) is 12.3 Å². The summed E-state index contributed by atoms with van der Waals surface area (Å²) in [5.41, 5.74) is 6.13. The normalized spacial score (nSPS) is 12.6. The fraction of sp³-hybridized carbons (Fsp3) is 0.385. The molecule has 102 valence electrons. The van der Waals surface area contributed by atoms with Gasteiger partial charge in [-0.1, -0.05) is 18.1 Å². The van der Waals surface area contributed by atoms with Crippen molar-refractivity contribution in [1.29, 1.82) is 0 Å². The van der Waals surface area contributed by atoms with Gasteiger partial charge in [0.15, 0.2) is 0 Å². The van der Waals surface area contributed by atoms with Crippen molar-refractivity contribution in [2.45, 2.75) is 26.4 Å². The Kier molecular flexibility index (Phi) is 4.11. The zero-order valence-corrected chi connectivity index (χ0v) is 10.9. The fourth-order valence-corrected chi connectivity index (χ4v) is 1.81. The van der Waals surface area contributed by atoms with Crippen molar-refractivity contribution in [3.63, 3.8) is 0 Å². The second kappa shape index (κ2) is 5.79. The summed E-state index contributed by atoms with van der Waals surface area (Å²) in [5.74, 6) is -0.00888. The molecule has 19 heavy (non-hydrogen) atoms. The largest absolute Gasteiger partial charge is 0.398 e. The molecule has 0 saturated heterocycles. The second-order valence-corrected chi connectivity index (χ2v) is 4.01. The van der Waals surface area contributed by atoms with Crippen LogP contribution >= 0.6 is 0 Å². The van der Waals surface area contributed by atoms with Gasteiger partial charge in [0.2, 0.25) is 5.82 Å². The Morgan fingerprint density at radius 3 is 2.84 bits per heavy atom. The van der Waals surface area contributed by atoms with Crippen molar-refractivity contribution in [3.05, 3.63) is 29.8 Å². The van der Waals surface area contributed by atoms with Crippen molar-refractivity contribution < 1.29 is 13.7 Å². The van der Waals surface area contributed by atoms with E-state index in [0.29, 0.717) is 18.9 Å². The Balaban J connectivity index is 2.35. The molecule has 0 aliphatic carbocycles. The molecule has 2 N–H and O–H groups in total. The van der Waals surface area contributed by atoms with Crippen molar-refractivity contribution >= 4 is 5.69 Å². The van der Waals surface area contributed by atoms with E-state index in [4.69, 9.17) is 15.0 Å². The molecule has 1 unspecified atom stereocenters. The quantitative estimate of drug-likeness (QED) is 0.841. The maximum Gasteiger partial charge on any atom is 0.263 e. The lowest BCUT2D eigenvalue weighted by Crippen LogP contribution is -2.04. The van der Waals surface area contributed by atoms with E-state index in [2.05, 4.69) is 10.1 Å². The first-order valence-electron chi connectivity index (χ1n) is 6.16. The zero-order valence-electron chi connectivity index (χ0n) is 10.9. The van der Waals surface area contributed by atoms with Crippen LogP contribution in [0.25, 0.3) is 11.5 Å². The van der Waals surface area contributed by atoms with Crippen LogP contribution in [0.15, 0.2) is 22.7 Å². The third-order valence-electron chi connectivity index (χ3n) is 2.73. The minimum atomic E-state index is -0.486. The second-order valence-electron chi connectivity index (χ2n) is 4.01. The van der Waals surface area contributed by atoms with Crippen LogP contribution in [-0.2, 0) is 4.74 Å². The van der Waals surface area contributed by atoms with Crippen LogP contribution in [0, 0.1) is 5.82 Å². The van der Waals surface area contributed by atoms with Crippen molar-refractivity contribution in [2.75, 3.05) is 12.3 Å². The molecule has 1 heterocycles. The van der Waals surface area contributed by atoms with Gasteiger partial charge >= 0.3 is 0 Å². The lowest BCUT2D eigenvalue weighted by molar-refractivity contribution is 0.0518. The van der Waals surface area contributed by atoms with Gasteiger partial charge in [-0.15, -0.1) is 0 Å². The van der Waals surface area contributed by atoms with E-state index in [1.807, 2.05) is 13.8 Å². The number of ether oxygens (including phenoxy) is 1. The summed E-state index contributed by atoms with van der Waals surface area (Å²) in [4.78, 5) is 4.17. The van der Waals surface area contributed by atoms with E-state index in [9.17, 15) is 4.39 Å². The van der Waals surface area contributed by atoms with Crippen molar-refractivity contribution in [1.82, 2.24) is 10.1 Å². The van der Waals surface area contributed by atoms with Crippen molar-refractivity contribution in [3.8, 4) is 11.5 Å². The number of benzene rings is 1. The molecule has 1 aromatic carbocycles. The smallest absolute Gasteiger partial charge is 0.263 e. The first-order chi connectivity index (χ1) is 9.17. The van der Waals surface area contributed by atoms with Crippen LogP contribution in [0.5, 0.6) is 0 Å². The zero-order chi connectivity index (χ0) is 13.8. The number of aromatic nitrogens is 2. The summed E-state index contributed by atoms with van der Waals surface area (Å²) in [6, 6.07) is 4.41. The van der Waals surface area contributed by atoms with Gasteiger partial charge in [-0.25, -0.2) is 4.39 Å². The molecule has 1 aromatic heterocycles. The summed E-state index contributed by atoms with van der Waals surface area (Å²) < 4.78 is 24.3. The van der Waals surface area contributed by atoms with E-state index in [1.54, 1.807) is 6.07 Å². The molecule has 1 atom stereocenters. The summed E-state index contributed by atoms with van der Waals surface area (Å²) in [5, 5.41) is 3.83. The number of nitrogens with two attached hydrogens (primary N) is 1. The van der Waals surface area contributed by atoms with E-state index < -0.39 is 5.82 Å². The number of anilines is 1. The van der Waals surface area contributed by atoms with E-state index in [1.165, 1.54) is 12.1 Å². The average Bonchev–Trinajstić information content (AvgIpc) is 2.85. The molecule has 5 nitrogen and oxygen atoms in total. The molecule has 0 fully saturated rings. The number of halogens is 1. The van der Waals surface area contributed by atoms with Gasteiger partial charge in [0.1, 0.15) is 11.9 Å². The number of rotatable bonds is 5. The van der Waals surface area contributed by atoms with E-state index in [-0.39, 0.29) is 23.2 Å². The van der Waals surface area contributed by atoms with Gasteiger partial charge in [0.25, 0.3) is 5.89 Å². The highest BCUT2D eigenvalue weighted by atomic mass is 19.1. The van der Waals surface area contributed by atoms with Gasteiger partial charge in [-0.05, 0) is 25.5 Å². The topological polar surface area (TPSA) is 74.2 Å². The van der Waals surface area contributed by atoms with E-state index >= 15 is 0 Å². The fourth-order valence-electron chi connectivity index (χ4n) is 1.81. The lowest BCUT2D eigenvalue weighted by atomic mass is 10.1. The first-order valence-corrected chi connectivity index (χ1v) is 6.16. The predicted molar refractivity (Wildman–Crippen MR) is 68.8 cm³/mol. The van der Waals surface area contributed by atoms with Gasteiger partial charge in [-0.3, -0.25) is 0 Å². The molecule has 2 aromatic rings. The van der Waals surface area contributed by atoms with Crippen LogP contribution in [0.2, 0.25) is 0 Å². The minimum Gasteiger partial charge on any atom is -0.398 e. The third-order valence-corrected chi connectivity index (χ3v) is 2.73. The molecule has 0 amide bonds. The SMILES string of the molecule is CCOC(CC)c1noc(-c2c(N)cccc2F)n1. The maximum absolute atomic E-state index is 13.7. The van der Waals surface area contributed by atoms with Crippen LogP contribution < -0.4 is 5.73 Å². The Bertz CT molecular complexity index is 536. The highest BCUT2D eigenvalue weighted by molar-refractivity contribution is 5.70. The molecule has 2 rings (SSSR count). The van der Waals surface area contributed by atoms with Crippen molar-refractivity contribution in [2.24, 2.45) is 0 Å². The van der Waals surface area contributed by atoms with Gasteiger partial charge in [-0.2, -0.15) is 4.98 Å². The summed E-state index contributed by atoms with van der Waals surface area (Å²) in [6.45, 7) is 4.39. The molecule has 6 heteroatoms. The molecular formula is C13H16FN3O2. The van der Waals surface area contributed by atoms with Crippen LogP contribution in [0.4, 0.5) is 10.1 Å². The molecular weight excluding hydrogens is 249 g/mol. The Morgan fingerprint density at radius 1 is 1.42 bits per heavy atom. The predicted octanol–water partition coefficient (Wildman–Crippen LogP) is 2.95. The maximum atomic E-state index is 13.7. The Morgan fingerprint density at radius 2 is 2.21 bits per heavy atom. The van der Waals surface area contributed by atoms with Gasteiger partial charge in [0.05, 0.1) is 5.56 Å². The van der Waals surface area contributed by atoms with Crippen LogP contribution in [0.3, 0.4) is 0 Å². The Labute approximate surface area is 110 Å². The first kappa shape index (κ1) is 13.5. The highest BCUT2D eigenvalue weighted by Gasteiger charge is 2.20. The average molecular weight is 265 g/mol. The summed E-state index contributed by atoms with van der Waals surface area (Å²) in [6.07, 6.45) is 0.454. The molecule has 0 radical (unpaired) electrons. The molecule has 0 aliphatic heterocycles. The standard InChI is InChI=1S/C13H16FN3O2/c1-3-10(18-4-2)12-16-13(19-17-12)11-8(14)6-5-7-9(11)15/h5-7,10H,3-4,15H2,1-2H3. The van der Waals surface area contributed by atoms with Crippen LogP contribution in [-0.4, -0.2) is 16.7 Å². The number of nitrogens with zero attached hydrogens (tertiary/aromatic N) is 2. The monoisotopic (exact) mass is 265 g/mol. The summed E-state index contributed by atoms with van der Waals surface area (Å²) >= 11 is 0. The molecule has 0 spiro atoms. The highest BCUT2D eigenvalue weighted by Crippen LogP contribution is 2.29. The molecule has 0 bridgehead atoms. The number of hydrogen-bond acceptors (Lipinski definition) is 5. The third kappa shape index (κ3) is 2.73. The lowest BCUT2D eigenvalue weighted by Gasteiger charge is -2.09. The number of nitrogen functional groups attached to an aromatic ring is 1. The Hall–Kier alpha value is -1.95. The summed E-state index contributed by atoms with van der Waals surface area (Å²) in [7, 11) is 0. The van der Waals surface area contributed by atoms with Crippen LogP contribution in [0.1, 0.15) is 32.2 Å². The van der Waals surface area contributed by atoms with Gasteiger partial charge < -0.3 is 15.0 Å². The minimum absolute atomic E-state index is 0.0729. The molecule has 0 aliphatic rings. The van der Waals surface area contributed by atoms with E-state index in [0.717, 1.165) is 0 Å². The number of hydrogen-bond donors (Lipinski definition) is 1. The molecule has 0 saturated carbocycles.